The van der Waals surface area contributed by atoms with Crippen molar-refractivity contribution in [3.05, 3.63) is 29.5 Å². The maximum atomic E-state index is 12.3. The highest BCUT2D eigenvalue weighted by Crippen LogP contribution is 2.30. The number of rotatable bonds is 3. The lowest BCUT2D eigenvalue weighted by Gasteiger charge is -2.33. The first-order valence-corrected chi connectivity index (χ1v) is 9.26. The van der Waals surface area contributed by atoms with Crippen LogP contribution in [0.5, 0.6) is 0 Å². The van der Waals surface area contributed by atoms with Gasteiger partial charge in [0.2, 0.25) is 5.95 Å². The van der Waals surface area contributed by atoms with Crippen LogP contribution < -0.4 is 5.32 Å². The minimum absolute atomic E-state index is 0.227. The second kappa shape index (κ2) is 7.35. The maximum Gasteiger partial charge on any atom is 0.410 e. The van der Waals surface area contributed by atoms with Crippen LogP contribution >= 0.6 is 11.3 Å². The zero-order valence-electron chi connectivity index (χ0n) is 14.7. The molecule has 8 heteroatoms. The molecule has 1 aliphatic rings. The van der Waals surface area contributed by atoms with E-state index in [4.69, 9.17) is 4.74 Å². The van der Waals surface area contributed by atoms with Crippen molar-refractivity contribution in [2.75, 3.05) is 18.4 Å². The SMILES string of the molecule is CC(C)(C)OC(=O)N1CCCC(c2csc(Nc3ncccn3)n2)C1. The van der Waals surface area contributed by atoms with Crippen molar-refractivity contribution >= 4 is 28.5 Å². The molecule has 1 saturated heterocycles. The van der Waals surface area contributed by atoms with E-state index >= 15 is 0 Å². The van der Waals surface area contributed by atoms with E-state index in [2.05, 4.69) is 20.3 Å². The van der Waals surface area contributed by atoms with Crippen molar-refractivity contribution in [1.29, 1.82) is 0 Å². The summed E-state index contributed by atoms with van der Waals surface area (Å²) in [7, 11) is 0. The molecule has 0 radical (unpaired) electrons. The Labute approximate surface area is 151 Å². The molecule has 2 aromatic rings. The van der Waals surface area contributed by atoms with Gasteiger partial charge in [-0.2, -0.15) is 0 Å². The largest absolute Gasteiger partial charge is 0.444 e. The van der Waals surface area contributed by atoms with Crippen LogP contribution in [0.15, 0.2) is 23.8 Å². The van der Waals surface area contributed by atoms with Crippen LogP contribution in [0.4, 0.5) is 15.9 Å². The third kappa shape index (κ3) is 4.88. The number of nitrogens with one attached hydrogen (secondary N) is 1. The van der Waals surface area contributed by atoms with Gasteiger partial charge in [0.05, 0.1) is 5.69 Å². The second-order valence-corrected chi connectivity index (χ2v) is 7.90. The molecule has 1 N–H and O–H groups in total. The standard InChI is InChI=1S/C17H23N5O2S/c1-17(2,3)24-16(23)22-9-4-6-12(10-22)13-11-25-15(20-13)21-14-18-7-5-8-19-14/h5,7-8,11-12H,4,6,9-10H2,1-3H3,(H,18,19,20,21). The van der Waals surface area contributed by atoms with E-state index in [0.29, 0.717) is 12.5 Å². The van der Waals surface area contributed by atoms with Crippen LogP contribution in [-0.4, -0.2) is 44.6 Å². The van der Waals surface area contributed by atoms with E-state index in [-0.39, 0.29) is 12.0 Å². The Morgan fingerprint density at radius 2 is 2.12 bits per heavy atom. The minimum Gasteiger partial charge on any atom is -0.444 e. The van der Waals surface area contributed by atoms with Gasteiger partial charge in [-0.1, -0.05) is 0 Å². The lowest BCUT2D eigenvalue weighted by Crippen LogP contribution is -2.42. The third-order valence-electron chi connectivity index (χ3n) is 3.80. The highest BCUT2D eigenvalue weighted by molar-refractivity contribution is 7.13. The van der Waals surface area contributed by atoms with Crippen LogP contribution in [0, 0.1) is 0 Å². The maximum absolute atomic E-state index is 12.3. The lowest BCUT2D eigenvalue weighted by atomic mass is 9.96. The summed E-state index contributed by atoms with van der Waals surface area (Å²) >= 11 is 1.52. The Morgan fingerprint density at radius 3 is 2.84 bits per heavy atom. The van der Waals surface area contributed by atoms with Crippen molar-refractivity contribution in [2.24, 2.45) is 0 Å². The van der Waals surface area contributed by atoms with Gasteiger partial charge in [0.15, 0.2) is 5.13 Å². The van der Waals surface area contributed by atoms with E-state index < -0.39 is 5.60 Å². The smallest absolute Gasteiger partial charge is 0.410 e. The van der Waals surface area contributed by atoms with Gasteiger partial charge in [0.1, 0.15) is 5.60 Å². The Hall–Kier alpha value is -2.22. The predicted molar refractivity (Wildman–Crippen MR) is 97.2 cm³/mol. The van der Waals surface area contributed by atoms with E-state index in [0.717, 1.165) is 30.2 Å². The summed E-state index contributed by atoms with van der Waals surface area (Å²) in [5, 5.41) is 5.90. The number of amides is 1. The molecule has 0 bridgehead atoms. The molecule has 1 amide bonds. The molecular formula is C17H23N5O2S. The molecule has 134 valence electrons. The summed E-state index contributed by atoms with van der Waals surface area (Å²) in [5.41, 5.74) is 0.522. The first-order chi connectivity index (χ1) is 11.9. The normalized spacial score (nSPS) is 18.0. The molecule has 1 atom stereocenters. The topological polar surface area (TPSA) is 80.2 Å². The highest BCUT2D eigenvalue weighted by Gasteiger charge is 2.29. The third-order valence-corrected chi connectivity index (χ3v) is 4.57. The average molecular weight is 361 g/mol. The van der Waals surface area contributed by atoms with E-state index in [1.807, 2.05) is 26.2 Å². The first-order valence-electron chi connectivity index (χ1n) is 8.38. The Balaban J connectivity index is 1.63. The number of hydrogen-bond donors (Lipinski definition) is 1. The van der Waals surface area contributed by atoms with Gasteiger partial charge in [0.25, 0.3) is 0 Å². The van der Waals surface area contributed by atoms with Crippen molar-refractivity contribution in [3.8, 4) is 0 Å². The van der Waals surface area contributed by atoms with Crippen molar-refractivity contribution < 1.29 is 9.53 Å². The minimum atomic E-state index is -0.475. The van der Waals surface area contributed by atoms with Crippen LogP contribution in [-0.2, 0) is 4.74 Å². The molecular weight excluding hydrogens is 338 g/mol. The Kier molecular flexibility index (Phi) is 5.17. The van der Waals surface area contributed by atoms with Crippen molar-refractivity contribution in [1.82, 2.24) is 19.9 Å². The van der Waals surface area contributed by atoms with Gasteiger partial charge in [-0.3, -0.25) is 0 Å². The van der Waals surface area contributed by atoms with Crippen molar-refractivity contribution in [3.63, 3.8) is 0 Å². The summed E-state index contributed by atoms with van der Waals surface area (Å²) in [4.78, 5) is 27.0. The van der Waals surface area contributed by atoms with Crippen LogP contribution in [0.1, 0.15) is 45.2 Å². The van der Waals surface area contributed by atoms with Gasteiger partial charge < -0.3 is 15.0 Å². The summed E-state index contributed by atoms with van der Waals surface area (Å²) < 4.78 is 5.49. The molecule has 3 heterocycles. The van der Waals surface area contributed by atoms with Crippen LogP contribution in [0.3, 0.4) is 0 Å². The van der Waals surface area contributed by atoms with Crippen LogP contribution in [0.25, 0.3) is 0 Å². The number of thiazole rings is 1. The monoisotopic (exact) mass is 361 g/mol. The molecule has 0 spiro atoms. The number of ether oxygens (including phenoxy) is 1. The van der Waals surface area contributed by atoms with Crippen LogP contribution in [0.2, 0.25) is 0 Å². The number of hydrogen-bond acceptors (Lipinski definition) is 7. The molecule has 2 aromatic heterocycles. The summed E-state index contributed by atoms with van der Waals surface area (Å²) in [6.07, 6.45) is 5.09. The highest BCUT2D eigenvalue weighted by atomic mass is 32.1. The van der Waals surface area contributed by atoms with Gasteiger partial charge in [-0.25, -0.2) is 19.7 Å². The number of carbonyl (C=O) groups excluding carboxylic acids is 1. The first kappa shape index (κ1) is 17.6. The van der Waals surface area contributed by atoms with E-state index in [9.17, 15) is 4.79 Å². The number of piperidine rings is 1. The van der Waals surface area contributed by atoms with Gasteiger partial charge in [-0.15, -0.1) is 11.3 Å². The van der Waals surface area contributed by atoms with E-state index in [1.165, 1.54) is 11.3 Å². The predicted octanol–water partition coefficient (Wildman–Crippen LogP) is 3.79. The summed E-state index contributed by atoms with van der Waals surface area (Å²) in [5.74, 6) is 0.757. The fraction of sp³-hybridized carbons (Fsp3) is 0.529. The zero-order valence-corrected chi connectivity index (χ0v) is 15.5. The zero-order chi connectivity index (χ0) is 17.9. The molecule has 1 aliphatic heterocycles. The van der Waals surface area contributed by atoms with Gasteiger partial charge in [0, 0.05) is 36.8 Å². The number of likely N-dealkylation sites (tertiary alicyclic amines) is 1. The van der Waals surface area contributed by atoms with Gasteiger partial charge >= 0.3 is 6.09 Å². The number of nitrogens with zero attached hydrogens (tertiary/aromatic N) is 4. The van der Waals surface area contributed by atoms with Gasteiger partial charge in [-0.05, 0) is 39.7 Å². The number of anilines is 2. The Morgan fingerprint density at radius 1 is 1.36 bits per heavy atom. The molecule has 7 nitrogen and oxygen atoms in total. The summed E-state index contributed by atoms with van der Waals surface area (Å²) in [6, 6.07) is 1.77. The fourth-order valence-electron chi connectivity index (χ4n) is 2.70. The number of carbonyl (C=O) groups is 1. The average Bonchev–Trinajstić information content (AvgIpc) is 3.03. The molecule has 3 rings (SSSR count). The lowest BCUT2D eigenvalue weighted by molar-refractivity contribution is 0.0197. The van der Waals surface area contributed by atoms with Crippen molar-refractivity contribution in [2.45, 2.75) is 45.1 Å². The second-order valence-electron chi connectivity index (χ2n) is 7.04. The molecule has 0 aromatic carbocycles. The Bertz CT molecular complexity index is 713. The fourth-order valence-corrected chi connectivity index (χ4v) is 3.49. The summed E-state index contributed by atoms with van der Waals surface area (Å²) in [6.45, 7) is 7.03. The van der Waals surface area contributed by atoms with E-state index in [1.54, 1.807) is 23.4 Å². The molecule has 0 aliphatic carbocycles. The molecule has 0 saturated carbocycles. The number of aromatic nitrogens is 3. The molecule has 25 heavy (non-hydrogen) atoms. The molecule has 1 unspecified atom stereocenters. The molecule has 1 fully saturated rings. The quantitative estimate of drug-likeness (QED) is 0.896.